The van der Waals surface area contributed by atoms with Crippen molar-refractivity contribution < 1.29 is 18.7 Å². The van der Waals surface area contributed by atoms with Crippen molar-refractivity contribution >= 4 is 34.4 Å². The van der Waals surface area contributed by atoms with Gasteiger partial charge in [0.15, 0.2) is 5.43 Å². The van der Waals surface area contributed by atoms with Crippen LogP contribution in [0.4, 0.5) is 0 Å². The Hall–Kier alpha value is -3.90. The lowest BCUT2D eigenvalue weighted by molar-refractivity contribution is 0.0599. The van der Waals surface area contributed by atoms with E-state index in [-0.39, 0.29) is 23.3 Å². The second-order valence-electron chi connectivity index (χ2n) is 8.21. The first-order chi connectivity index (χ1) is 16.4. The van der Waals surface area contributed by atoms with Gasteiger partial charge in [0.2, 0.25) is 5.76 Å². The van der Waals surface area contributed by atoms with Gasteiger partial charge in [-0.1, -0.05) is 53.6 Å². The van der Waals surface area contributed by atoms with Crippen LogP contribution in [0.3, 0.4) is 0 Å². The minimum absolute atomic E-state index is 0.0236. The van der Waals surface area contributed by atoms with E-state index < -0.39 is 17.9 Å². The fourth-order valence-corrected chi connectivity index (χ4v) is 4.57. The average molecular weight is 474 g/mol. The number of ether oxygens (including phenoxy) is 1. The van der Waals surface area contributed by atoms with E-state index in [4.69, 9.17) is 20.8 Å². The predicted octanol–water partition coefficient (Wildman–Crippen LogP) is 5.29. The number of halogens is 1. The molecule has 1 aliphatic heterocycles. The van der Waals surface area contributed by atoms with Crippen LogP contribution in [0.1, 0.15) is 49.2 Å². The lowest BCUT2D eigenvalue weighted by Gasteiger charge is -2.25. The van der Waals surface area contributed by atoms with E-state index in [1.165, 1.54) is 7.11 Å². The van der Waals surface area contributed by atoms with E-state index in [1.54, 1.807) is 47.4 Å². The standard InChI is InChI=1S/C27H20ClNO5/c1-15-7-12-21-19(13-15)24(30)22-23(16-8-10-17(11-9-16)27(32)33-2)29(26(31)25(22)34-21)14-18-5-3-4-6-20(18)28/h3-13,23H,14H2,1-2H3. The Morgan fingerprint density at radius 1 is 1.06 bits per heavy atom. The molecular weight excluding hydrogens is 454 g/mol. The normalized spacial score (nSPS) is 15.0. The van der Waals surface area contributed by atoms with Crippen LogP contribution >= 0.6 is 11.6 Å². The van der Waals surface area contributed by atoms with Crippen LogP contribution in [-0.4, -0.2) is 23.9 Å². The number of esters is 1. The fourth-order valence-electron chi connectivity index (χ4n) is 4.37. The molecule has 1 amide bonds. The molecule has 1 atom stereocenters. The predicted molar refractivity (Wildman–Crippen MR) is 128 cm³/mol. The molecule has 5 rings (SSSR count). The number of benzene rings is 3. The maximum atomic E-state index is 13.6. The van der Waals surface area contributed by atoms with Gasteiger partial charge >= 0.3 is 5.97 Å². The molecule has 0 radical (unpaired) electrons. The number of rotatable bonds is 4. The molecule has 0 fully saturated rings. The Balaban J connectivity index is 1.70. The Kier molecular flexibility index (Phi) is 5.46. The van der Waals surface area contributed by atoms with Gasteiger partial charge in [0.25, 0.3) is 5.91 Å². The van der Waals surface area contributed by atoms with Crippen LogP contribution in [0.5, 0.6) is 0 Å². The van der Waals surface area contributed by atoms with Crippen molar-refractivity contribution in [3.63, 3.8) is 0 Å². The van der Waals surface area contributed by atoms with Crippen LogP contribution in [0.25, 0.3) is 11.0 Å². The van der Waals surface area contributed by atoms with Gasteiger partial charge in [-0.2, -0.15) is 0 Å². The average Bonchev–Trinajstić information content (AvgIpc) is 3.12. The topological polar surface area (TPSA) is 76.8 Å². The maximum absolute atomic E-state index is 13.6. The van der Waals surface area contributed by atoms with Gasteiger partial charge in [0.05, 0.1) is 29.7 Å². The van der Waals surface area contributed by atoms with Crippen molar-refractivity contribution in [1.29, 1.82) is 0 Å². The molecule has 170 valence electrons. The third-order valence-corrected chi connectivity index (χ3v) is 6.44. The van der Waals surface area contributed by atoms with Crippen molar-refractivity contribution in [3.05, 3.63) is 116 Å². The quantitative estimate of drug-likeness (QED) is 0.376. The molecule has 4 aromatic rings. The van der Waals surface area contributed by atoms with Crippen LogP contribution in [0, 0.1) is 6.92 Å². The summed E-state index contributed by atoms with van der Waals surface area (Å²) in [5.41, 5.74) is 3.09. The summed E-state index contributed by atoms with van der Waals surface area (Å²) in [4.78, 5) is 40.7. The fraction of sp³-hybridized carbons (Fsp3) is 0.148. The van der Waals surface area contributed by atoms with Gasteiger partial charge in [-0.05, 0) is 48.4 Å². The highest BCUT2D eigenvalue weighted by atomic mass is 35.5. The number of hydrogen-bond donors (Lipinski definition) is 0. The highest BCUT2D eigenvalue weighted by Crippen LogP contribution is 2.39. The summed E-state index contributed by atoms with van der Waals surface area (Å²) in [7, 11) is 1.31. The third-order valence-electron chi connectivity index (χ3n) is 6.07. The number of carbonyl (C=O) groups is 2. The summed E-state index contributed by atoms with van der Waals surface area (Å²) in [6, 6.07) is 18.5. The smallest absolute Gasteiger partial charge is 0.337 e. The molecule has 3 aromatic carbocycles. The molecule has 0 saturated heterocycles. The first-order valence-electron chi connectivity index (χ1n) is 10.7. The van der Waals surface area contributed by atoms with Crippen molar-refractivity contribution in [1.82, 2.24) is 4.90 Å². The van der Waals surface area contributed by atoms with Gasteiger partial charge in [-0.15, -0.1) is 0 Å². The highest BCUT2D eigenvalue weighted by Gasteiger charge is 2.43. The summed E-state index contributed by atoms with van der Waals surface area (Å²) in [5.74, 6) is -0.838. The molecule has 1 unspecified atom stereocenters. The van der Waals surface area contributed by atoms with Crippen LogP contribution < -0.4 is 5.43 Å². The van der Waals surface area contributed by atoms with Gasteiger partial charge in [0, 0.05) is 11.6 Å². The molecule has 0 aliphatic carbocycles. The second-order valence-corrected chi connectivity index (χ2v) is 8.62. The van der Waals surface area contributed by atoms with E-state index in [2.05, 4.69) is 0 Å². The molecule has 1 aromatic heterocycles. The lowest BCUT2D eigenvalue weighted by atomic mass is 9.97. The monoisotopic (exact) mass is 473 g/mol. The summed E-state index contributed by atoms with van der Waals surface area (Å²) in [5, 5.41) is 0.938. The van der Waals surface area contributed by atoms with E-state index >= 15 is 0 Å². The molecule has 0 spiro atoms. The van der Waals surface area contributed by atoms with Crippen LogP contribution in [0.2, 0.25) is 5.02 Å². The minimum Gasteiger partial charge on any atom is -0.465 e. The van der Waals surface area contributed by atoms with Gasteiger partial charge < -0.3 is 14.1 Å². The summed E-state index contributed by atoms with van der Waals surface area (Å²) < 4.78 is 10.8. The molecule has 7 heteroatoms. The number of nitrogens with zero attached hydrogens (tertiary/aromatic N) is 1. The molecule has 6 nitrogen and oxygen atoms in total. The van der Waals surface area contributed by atoms with E-state index in [1.807, 2.05) is 31.2 Å². The zero-order valence-electron chi connectivity index (χ0n) is 18.5. The number of carbonyl (C=O) groups excluding carboxylic acids is 2. The second kappa shape index (κ2) is 8.47. The zero-order chi connectivity index (χ0) is 24.0. The number of aryl methyl sites for hydroxylation is 1. The maximum Gasteiger partial charge on any atom is 0.337 e. The molecule has 0 bridgehead atoms. The molecule has 2 heterocycles. The number of amides is 1. The molecule has 0 N–H and O–H groups in total. The van der Waals surface area contributed by atoms with E-state index in [9.17, 15) is 14.4 Å². The summed E-state index contributed by atoms with van der Waals surface area (Å²) >= 11 is 6.39. The van der Waals surface area contributed by atoms with Gasteiger partial charge in [-0.3, -0.25) is 9.59 Å². The molecule has 0 saturated carbocycles. The van der Waals surface area contributed by atoms with Crippen molar-refractivity contribution in [2.24, 2.45) is 0 Å². The van der Waals surface area contributed by atoms with Gasteiger partial charge in [-0.25, -0.2) is 4.79 Å². The number of methoxy groups -OCH3 is 1. The molecule has 34 heavy (non-hydrogen) atoms. The first-order valence-corrected chi connectivity index (χ1v) is 11.1. The highest BCUT2D eigenvalue weighted by molar-refractivity contribution is 6.31. The van der Waals surface area contributed by atoms with E-state index in [0.29, 0.717) is 27.1 Å². The first kappa shape index (κ1) is 21.9. The SMILES string of the molecule is COC(=O)c1ccc(C2c3c(oc4ccc(C)cc4c3=O)C(=O)N2Cc2ccccc2Cl)cc1. The zero-order valence-corrected chi connectivity index (χ0v) is 19.3. The summed E-state index contributed by atoms with van der Waals surface area (Å²) in [6.07, 6.45) is 0. The van der Waals surface area contributed by atoms with Crippen molar-refractivity contribution in [3.8, 4) is 0 Å². The third kappa shape index (κ3) is 3.56. The molecule has 1 aliphatic rings. The summed E-state index contributed by atoms with van der Waals surface area (Å²) in [6.45, 7) is 2.07. The number of fused-ring (bicyclic) bond motifs is 2. The van der Waals surface area contributed by atoms with Gasteiger partial charge in [0.1, 0.15) is 5.58 Å². The Labute approximate surface area is 200 Å². The molecular formula is C27H20ClNO5. The van der Waals surface area contributed by atoms with Crippen LogP contribution in [-0.2, 0) is 11.3 Å². The Morgan fingerprint density at radius 2 is 1.79 bits per heavy atom. The Morgan fingerprint density at radius 3 is 2.50 bits per heavy atom. The Bertz CT molecular complexity index is 1510. The van der Waals surface area contributed by atoms with Crippen LogP contribution in [0.15, 0.2) is 75.9 Å². The number of hydrogen-bond acceptors (Lipinski definition) is 5. The minimum atomic E-state index is -0.702. The van der Waals surface area contributed by atoms with Crippen molar-refractivity contribution in [2.75, 3.05) is 7.11 Å². The largest absolute Gasteiger partial charge is 0.465 e. The van der Waals surface area contributed by atoms with Crippen molar-refractivity contribution in [2.45, 2.75) is 19.5 Å². The lowest BCUT2D eigenvalue weighted by Crippen LogP contribution is -2.29. The van der Waals surface area contributed by atoms with E-state index in [0.717, 1.165) is 11.1 Å².